The van der Waals surface area contributed by atoms with Gasteiger partial charge < -0.3 is 5.73 Å². The second-order valence-corrected chi connectivity index (χ2v) is 5.37. The van der Waals surface area contributed by atoms with Crippen molar-refractivity contribution in [3.8, 4) is 0 Å². The van der Waals surface area contributed by atoms with Gasteiger partial charge in [-0.3, -0.25) is 0 Å². The Morgan fingerprint density at radius 1 is 1.40 bits per heavy atom. The number of benzene rings is 1. The molecule has 2 aliphatic rings. The fourth-order valence-corrected chi connectivity index (χ4v) is 3.43. The number of halogens is 1. The Labute approximate surface area is 95.6 Å². The molecular formula is C13H16ClN. The van der Waals surface area contributed by atoms with Crippen molar-refractivity contribution in [2.24, 2.45) is 11.7 Å². The van der Waals surface area contributed by atoms with Crippen LogP contribution in [0.4, 0.5) is 0 Å². The smallest absolute Gasteiger partial charge is 0.0408 e. The van der Waals surface area contributed by atoms with E-state index in [4.69, 9.17) is 17.3 Å². The average Bonchev–Trinajstić information content (AvgIpc) is 3.00. The highest BCUT2D eigenvalue weighted by Crippen LogP contribution is 2.58. The Balaban J connectivity index is 2.08. The van der Waals surface area contributed by atoms with Gasteiger partial charge in [0.15, 0.2) is 0 Å². The van der Waals surface area contributed by atoms with Gasteiger partial charge in [-0.25, -0.2) is 0 Å². The molecule has 0 amide bonds. The third kappa shape index (κ3) is 1.33. The summed E-state index contributed by atoms with van der Waals surface area (Å²) >= 11 is 6.04. The summed E-state index contributed by atoms with van der Waals surface area (Å²) in [6.45, 7) is 0.835. The van der Waals surface area contributed by atoms with E-state index in [1.165, 1.54) is 30.4 Å². The highest BCUT2D eigenvalue weighted by atomic mass is 35.5. The van der Waals surface area contributed by atoms with E-state index in [0.717, 1.165) is 18.0 Å². The SMILES string of the molecule is NCC1CCc2cc(Cl)ccc2C12CC2. The summed E-state index contributed by atoms with van der Waals surface area (Å²) in [5.41, 5.74) is 9.32. The monoisotopic (exact) mass is 221 g/mol. The molecule has 3 rings (SSSR count). The van der Waals surface area contributed by atoms with Gasteiger partial charge in [0.2, 0.25) is 0 Å². The second-order valence-electron chi connectivity index (χ2n) is 4.93. The largest absolute Gasteiger partial charge is 0.330 e. The standard InChI is InChI=1S/C13H16ClN/c14-11-3-4-12-9(7-11)1-2-10(8-15)13(12)5-6-13/h3-4,7,10H,1-2,5-6,8,15H2. The first kappa shape index (κ1) is 9.68. The van der Waals surface area contributed by atoms with Gasteiger partial charge in [0.1, 0.15) is 0 Å². The summed E-state index contributed by atoms with van der Waals surface area (Å²) < 4.78 is 0. The molecule has 1 atom stereocenters. The fraction of sp³-hybridized carbons (Fsp3) is 0.538. The van der Waals surface area contributed by atoms with Gasteiger partial charge in [0.05, 0.1) is 0 Å². The number of rotatable bonds is 1. The van der Waals surface area contributed by atoms with Crippen LogP contribution in [0, 0.1) is 5.92 Å². The first-order valence-electron chi connectivity index (χ1n) is 5.75. The molecule has 2 heteroatoms. The third-order valence-corrected chi connectivity index (χ3v) is 4.46. The van der Waals surface area contributed by atoms with Gasteiger partial charge in [-0.2, -0.15) is 0 Å². The molecule has 1 fully saturated rings. The minimum Gasteiger partial charge on any atom is -0.330 e. The summed E-state index contributed by atoms with van der Waals surface area (Å²) in [5.74, 6) is 0.700. The van der Waals surface area contributed by atoms with E-state index in [1.807, 2.05) is 6.07 Å². The van der Waals surface area contributed by atoms with Crippen molar-refractivity contribution < 1.29 is 0 Å². The Kier molecular flexibility index (Phi) is 2.08. The predicted octanol–water partition coefficient (Wildman–Crippen LogP) is 2.89. The fourth-order valence-electron chi connectivity index (χ4n) is 3.24. The van der Waals surface area contributed by atoms with Crippen molar-refractivity contribution in [1.82, 2.24) is 0 Å². The Hall–Kier alpha value is -0.530. The zero-order valence-corrected chi connectivity index (χ0v) is 9.56. The average molecular weight is 222 g/mol. The summed E-state index contributed by atoms with van der Waals surface area (Å²) in [6, 6.07) is 6.40. The lowest BCUT2D eigenvalue weighted by molar-refractivity contribution is 0.362. The molecule has 1 nitrogen and oxygen atoms in total. The predicted molar refractivity (Wildman–Crippen MR) is 63.2 cm³/mol. The van der Waals surface area contributed by atoms with Crippen LogP contribution >= 0.6 is 11.6 Å². The summed E-state index contributed by atoms with van der Waals surface area (Å²) in [7, 11) is 0. The van der Waals surface area contributed by atoms with E-state index in [0.29, 0.717) is 11.3 Å². The van der Waals surface area contributed by atoms with Crippen molar-refractivity contribution >= 4 is 11.6 Å². The van der Waals surface area contributed by atoms with Gasteiger partial charge >= 0.3 is 0 Å². The maximum atomic E-state index is 6.04. The van der Waals surface area contributed by atoms with Gasteiger partial charge in [-0.1, -0.05) is 17.7 Å². The van der Waals surface area contributed by atoms with Crippen LogP contribution in [0.25, 0.3) is 0 Å². The maximum absolute atomic E-state index is 6.04. The number of fused-ring (bicyclic) bond motifs is 2. The zero-order chi connectivity index (χ0) is 10.5. The second kappa shape index (κ2) is 3.23. The van der Waals surface area contributed by atoms with Crippen LogP contribution in [0.15, 0.2) is 18.2 Å². The first-order chi connectivity index (χ1) is 7.26. The number of hydrogen-bond acceptors (Lipinski definition) is 1. The van der Waals surface area contributed by atoms with E-state index in [2.05, 4.69) is 12.1 Å². The molecule has 80 valence electrons. The van der Waals surface area contributed by atoms with Gasteiger partial charge in [0.25, 0.3) is 0 Å². The molecule has 2 N–H and O–H groups in total. The minimum atomic E-state index is 0.437. The number of hydrogen-bond donors (Lipinski definition) is 1. The molecule has 0 heterocycles. The third-order valence-electron chi connectivity index (χ3n) is 4.22. The van der Waals surface area contributed by atoms with Crippen LogP contribution in [0.5, 0.6) is 0 Å². The highest BCUT2D eigenvalue weighted by Gasteiger charge is 2.52. The topological polar surface area (TPSA) is 26.0 Å². The van der Waals surface area contributed by atoms with E-state index in [9.17, 15) is 0 Å². The number of aryl methyl sites for hydroxylation is 1. The molecule has 0 aliphatic heterocycles. The van der Waals surface area contributed by atoms with Crippen molar-refractivity contribution in [1.29, 1.82) is 0 Å². The molecule has 1 unspecified atom stereocenters. The summed E-state index contributed by atoms with van der Waals surface area (Å²) in [4.78, 5) is 0. The van der Waals surface area contributed by atoms with Crippen molar-refractivity contribution in [2.45, 2.75) is 31.1 Å². The quantitative estimate of drug-likeness (QED) is 0.776. The van der Waals surface area contributed by atoms with Crippen LogP contribution in [0.1, 0.15) is 30.4 Å². The van der Waals surface area contributed by atoms with E-state index >= 15 is 0 Å². The highest BCUT2D eigenvalue weighted by molar-refractivity contribution is 6.30. The van der Waals surface area contributed by atoms with Gasteiger partial charge in [0, 0.05) is 5.02 Å². The molecule has 1 saturated carbocycles. The van der Waals surface area contributed by atoms with E-state index in [-0.39, 0.29) is 0 Å². The minimum absolute atomic E-state index is 0.437. The molecule has 1 aromatic carbocycles. The maximum Gasteiger partial charge on any atom is 0.0408 e. The van der Waals surface area contributed by atoms with E-state index in [1.54, 1.807) is 0 Å². The molecule has 1 aromatic rings. The molecule has 0 bridgehead atoms. The lowest BCUT2D eigenvalue weighted by Gasteiger charge is -2.33. The molecule has 0 saturated heterocycles. The zero-order valence-electron chi connectivity index (χ0n) is 8.80. The van der Waals surface area contributed by atoms with Crippen LogP contribution in [0.2, 0.25) is 5.02 Å². The van der Waals surface area contributed by atoms with Gasteiger partial charge in [-0.15, -0.1) is 0 Å². The summed E-state index contributed by atoms with van der Waals surface area (Å²) in [5, 5.41) is 0.871. The van der Waals surface area contributed by atoms with Crippen molar-refractivity contribution in [2.75, 3.05) is 6.54 Å². The Morgan fingerprint density at radius 3 is 2.87 bits per heavy atom. The summed E-state index contributed by atoms with van der Waals surface area (Å²) in [6.07, 6.45) is 5.04. The molecule has 15 heavy (non-hydrogen) atoms. The van der Waals surface area contributed by atoms with Gasteiger partial charge in [-0.05, 0) is 66.8 Å². The van der Waals surface area contributed by atoms with Crippen molar-refractivity contribution in [3.05, 3.63) is 34.3 Å². The van der Waals surface area contributed by atoms with Crippen LogP contribution in [-0.2, 0) is 11.8 Å². The Morgan fingerprint density at radius 2 is 2.20 bits per heavy atom. The Bertz CT molecular complexity index is 396. The molecule has 2 aliphatic carbocycles. The van der Waals surface area contributed by atoms with Crippen molar-refractivity contribution in [3.63, 3.8) is 0 Å². The normalized spacial score (nSPS) is 26.4. The molecule has 0 radical (unpaired) electrons. The lowest BCUT2D eigenvalue weighted by atomic mass is 9.72. The first-order valence-corrected chi connectivity index (χ1v) is 6.13. The number of nitrogens with two attached hydrogens (primary N) is 1. The lowest BCUT2D eigenvalue weighted by Crippen LogP contribution is -2.32. The van der Waals surface area contributed by atoms with E-state index < -0.39 is 0 Å². The molecule has 1 spiro atoms. The molecule has 0 aromatic heterocycles. The van der Waals surface area contributed by atoms with Crippen LogP contribution < -0.4 is 5.73 Å². The van der Waals surface area contributed by atoms with Crippen LogP contribution in [0.3, 0.4) is 0 Å². The molecular weight excluding hydrogens is 206 g/mol. The van der Waals surface area contributed by atoms with Crippen LogP contribution in [-0.4, -0.2) is 6.54 Å².